The van der Waals surface area contributed by atoms with Crippen molar-refractivity contribution in [3.05, 3.63) is 41.7 Å². The molecule has 0 amide bonds. The van der Waals surface area contributed by atoms with Crippen molar-refractivity contribution >= 4 is 22.7 Å². The molecule has 0 bridgehead atoms. The Labute approximate surface area is 143 Å². The highest BCUT2D eigenvalue weighted by molar-refractivity contribution is 5.77. The monoisotopic (exact) mass is 337 g/mol. The van der Waals surface area contributed by atoms with Crippen LogP contribution in [0.1, 0.15) is 43.2 Å². The molecular formula is C17H16FN7. The van der Waals surface area contributed by atoms with E-state index in [-0.39, 0.29) is 29.3 Å². The summed E-state index contributed by atoms with van der Waals surface area (Å²) >= 11 is 0. The van der Waals surface area contributed by atoms with Crippen LogP contribution in [0.15, 0.2) is 24.5 Å². The second kappa shape index (κ2) is 5.70. The average molecular weight is 337 g/mol. The van der Waals surface area contributed by atoms with E-state index in [1.807, 2.05) is 17.6 Å². The first-order valence-corrected chi connectivity index (χ1v) is 8.03. The van der Waals surface area contributed by atoms with E-state index in [1.165, 1.54) is 12.4 Å². The van der Waals surface area contributed by atoms with Crippen LogP contribution in [0.2, 0.25) is 0 Å². The summed E-state index contributed by atoms with van der Waals surface area (Å²) in [4.78, 5) is 12.5. The molecule has 126 valence electrons. The summed E-state index contributed by atoms with van der Waals surface area (Å²) in [6.07, 6.45) is 3.31. The quantitative estimate of drug-likeness (QED) is 0.758. The van der Waals surface area contributed by atoms with Crippen molar-refractivity contribution in [2.45, 2.75) is 31.8 Å². The molecule has 1 aliphatic rings. The lowest BCUT2D eigenvalue weighted by molar-refractivity contribution is 0.609. The van der Waals surface area contributed by atoms with Crippen molar-refractivity contribution in [3.8, 4) is 6.07 Å². The van der Waals surface area contributed by atoms with Crippen LogP contribution in [0.3, 0.4) is 0 Å². The molecule has 1 atom stereocenters. The molecule has 2 aromatic heterocycles. The lowest BCUT2D eigenvalue weighted by atomic mass is 10.2. The molecule has 8 heteroatoms. The fraction of sp³-hybridized carbons (Fsp3) is 0.294. The molecule has 4 rings (SSSR count). The lowest BCUT2D eigenvalue weighted by Crippen LogP contribution is -2.16. The number of nitrogens with two attached hydrogens (primary N) is 1. The van der Waals surface area contributed by atoms with Gasteiger partial charge in [-0.2, -0.15) is 5.26 Å². The van der Waals surface area contributed by atoms with E-state index in [4.69, 9.17) is 5.73 Å². The number of nitriles is 1. The largest absolute Gasteiger partial charge is 0.382 e. The zero-order valence-corrected chi connectivity index (χ0v) is 13.6. The Morgan fingerprint density at radius 2 is 2.20 bits per heavy atom. The van der Waals surface area contributed by atoms with Gasteiger partial charge in [-0.25, -0.2) is 19.3 Å². The van der Waals surface area contributed by atoms with Crippen molar-refractivity contribution in [3.63, 3.8) is 0 Å². The van der Waals surface area contributed by atoms with Gasteiger partial charge in [0.2, 0.25) is 0 Å². The van der Waals surface area contributed by atoms with Gasteiger partial charge in [0.1, 0.15) is 46.8 Å². The van der Waals surface area contributed by atoms with Crippen molar-refractivity contribution in [1.29, 1.82) is 5.26 Å². The SMILES string of the molecule is CC(Nc1ncnc(N)c1C#N)c1nc2cccc(F)c2n1C1CC1. The predicted molar refractivity (Wildman–Crippen MR) is 91.2 cm³/mol. The first-order chi connectivity index (χ1) is 12.1. The van der Waals surface area contributed by atoms with Crippen LogP contribution in [0.4, 0.5) is 16.0 Å². The molecule has 3 aromatic rings. The normalized spacial score (nSPS) is 15.1. The number of aromatic nitrogens is 4. The maximum atomic E-state index is 14.3. The van der Waals surface area contributed by atoms with Gasteiger partial charge in [-0.05, 0) is 31.9 Å². The molecular weight excluding hydrogens is 321 g/mol. The van der Waals surface area contributed by atoms with Crippen LogP contribution < -0.4 is 11.1 Å². The number of fused-ring (bicyclic) bond motifs is 1. The van der Waals surface area contributed by atoms with E-state index in [1.54, 1.807) is 12.1 Å². The summed E-state index contributed by atoms with van der Waals surface area (Å²) in [7, 11) is 0. The second-order valence-electron chi connectivity index (χ2n) is 6.14. The molecule has 1 aromatic carbocycles. The Balaban J connectivity index is 1.78. The van der Waals surface area contributed by atoms with Gasteiger partial charge in [0.05, 0.1) is 11.6 Å². The van der Waals surface area contributed by atoms with Gasteiger partial charge in [-0.3, -0.25) is 0 Å². The van der Waals surface area contributed by atoms with Crippen LogP contribution in [-0.2, 0) is 0 Å². The summed E-state index contributed by atoms with van der Waals surface area (Å²) < 4.78 is 16.3. The van der Waals surface area contributed by atoms with Crippen LogP contribution in [-0.4, -0.2) is 19.5 Å². The fourth-order valence-corrected chi connectivity index (χ4v) is 3.02. The molecule has 25 heavy (non-hydrogen) atoms. The van der Waals surface area contributed by atoms with Gasteiger partial charge in [-0.15, -0.1) is 0 Å². The number of nitrogen functional groups attached to an aromatic ring is 1. The van der Waals surface area contributed by atoms with Gasteiger partial charge in [0.25, 0.3) is 0 Å². The first-order valence-electron chi connectivity index (χ1n) is 8.03. The number of rotatable bonds is 4. The number of hydrogen-bond donors (Lipinski definition) is 2. The molecule has 0 saturated heterocycles. The highest BCUT2D eigenvalue weighted by atomic mass is 19.1. The van der Waals surface area contributed by atoms with Crippen LogP contribution in [0.5, 0.6) is 0 Å². The van der Waals surface area contributed by atoms with Gasteiger partial charge < -0.3 is 15.6 Å². The third-order valence-corrected chi connectivity index (χ3v) is 4.33. The number of imidazole rings is 1. The van der Waals surface area contributed by atoms with Crippen molar-refractivity contribution in [1.82, 2.24) is 19.5 Å². The maximum absolute atomic E-state index is 14.3. The average Bonchev–Trinajstić information content (AvgIpc) is 3.35. The molecule has 0 spiro atoms. The first kappa shape index (κ1) is 15.3. The minimum absolute atomic E-state index is 0.119. The van der Waals surface area contributed by atoms with Gasteiger partial charge in [0.15, 0.2) is 0 Å². The zero-order chi connectivity index (χ0) is 17.6. The Morgan fingerprint density at radius 1 is 1.40 bits per heavy atom. The van der Waals surface area contributed by atoms with Gasteiger partial charge in [-0.1, -0.05) is 6.07 Å². The molecule has 0 radical (unpaired) electrons. The van der Waals surface area contributed by atoms with E-state index in [0.717, 1.165) is 12.8 Å². The van der Waals surface area contributed by atoms with E-state index in [0.29, 0.717) is 22.7 Å². The van der Waals surface area contributed by atoms with E-state index in [2.05, 4.69) is 20.3 Å². The summed E-state index contributed by atoms with van der Waals surface area (Å²) in [6.45, 7) is 1.90. The highest BCUT2D eigenvalue weighted by Gasteiger charge is 2.31. The molecule has 1 saturated carbocycles. The van der Waals surface area contributed by atoms with Crippen molar-refractivity contribution < 1.29 is 4.39 Å². The molecule has 2 heterocycles. The summed E-state index contributed by atoms with van der Waals surface area (Å²) in [5.74, 6) is 0.898. The number of hydrogen-bond acceptors (Lipinski definition) is 6. The van der Waals surface area contributed by atoms with Gasteiger partial charge in [0, 0.05) is 6.04 Å². The van der Waals surface area contributed by atoms with Crippen molar-refractivity contribution in [2.24, 2.45) is 0 Å². The Morgan fingerprint density at radius 3 is 2.92 bits per heavy atom. The number of para-hydroxylation sites is 1. The number of nitrogens with zero attached hydrogens (tertiary/aromatic N) is 5. The highest BCUT2D eigenvalue weighted by Crippen LogP contribution is 2.41. The third kappa shape index (κ3) is 2.54. The van der Waals surface area contributed by atoms with E-state index in [9.17, 15) is 9.65 Å². The summed E-state index contributed by atoms with van der Waals surface area (Å²) in [5.41, 5.74) is 7.07. The Kier molecular flexibility index (Phi) is 3.50. The minimum Gasteiger partial charge on any atom is -0.382 e. The molecule has 1 fully saturated rings. The smallest absolute Gasteiger partial charge is 0.150 e. The van der Waals surface area contributed by atoms with E-state index >= 15 is 0 Å². The molecule has 0 aliphatic heterocycles. The zero-order valence-electron chi connectivity index (χ0n) is 13.6. The molecule has 3 N–H and O–H groups in total. The van der Waals surface area contributed by atoms with Crippen LogP contribution in [0.25, 0.3) is 11.0 Å². The van der Waals surface area contributed by atoms with Crippen LogP contribution in [0, 0.1) is 17.1 Å². The number of nitrogens with one attached hydrogen (secondary N) is 1. The number of anilines is 2. The topological polar surface area (TPSA) is 105 Å². The second-order valence-corrected chi connectivity index (χ2v) is 6.14. The molecule has 7 nitrogen and oxygen atoms in total. The number of benzene rings is 1. The lowest BCUT2D eigenvalue weighted by Gasteiger charge is -2.17. The van der Waals surface area contributed by atoms with Crippen LogP contribution >= 0.6 is 0 Å². The summed E-state index contributed by atoms with van der Waals surface area (Å²) in [6, 6.07) is 6.89. The standard InChI is InChI=1S/C17H16FN7/c1-9(23-16-11(7-19)15(20)21-8-22-16)17-24-13-4-2-3-12(18)14(13)25(17)10-5-6-10/h2-4,8-10H,5-6H2,1H3,(H3,20,21,22,23). The fourth-order valence-electron chi connectivity index (χ4n) is 3.02. The minimum atomic E-state index is -0.284. The Bertz CT molecular complexity index is 1000. The third-order valence-electron chi connectivity index (χ3n) is 4.33. The van der Waals surface area contributed by atoms with Crippen molar-refractivity contribution in [2.75, 3.05) is 11.1 Å². The van der Waals surface area contributed by atoms with Gasteiger partial charge >= 0.3 is 0 Å². The predicted octanol–water partition coefficient (Wildman–Crippen LogP) is 2.93. The maximum Gasteiger partial charge on any atom is 0.150 e. The molecule has 1 unspecified atom stereocenters. The van der Waals surface area contributed by atoms with E-state index < -0.39 is 0 Å². The molecule has 1 aliphatic carbocycles. The Hall–Kier alpha value is -3.21. The summed E-state index contributed by atoms with van der Waals surface area (Å²) in [5, 5.41) is 12.4. The number of halogens is 1.